The molecule has 0 amide bonds. The molecular weight excluding hydrogens is 274 g/mol. The van der Waals surface area contributed by atoms with Gasteiger partial charge in [0.1, 0.15) is 5.82 Å². The number of benzene rings is 1. The summed E-state index contributed by atoms with van der Waals surface area (Å²) < 4.78 is 2.10. The van der Waals surface area contributed by atoms with E-state index in [1.54, 1.807) is 0 Å². The van der Waals surface area contributed by atoms with E-state index in [0.29, 0.717) is 5.02 Å². The number of aliphatic hydroxyl groups is 1. The lowest BCUT2D eigenvalue weighted by Gasteiger charge is -2.18. The molecule has 1 saturated carbocycles. The number of rotatable bonds is 5. The molecular formula is C15H20ClN3O. The maximum Gasteiger partial charge on any atom is 0.126 e. The molecule has 0 saturated heterocycles. The molecule has 1 aliphatic rings. The summed E-state index contributed by atoms with van der Waals surface area (Å²) in [6.07, 6.45) is 2.22. The summed E-state index contributed by atoms with van der Waals surface area (Å²) in [6, 6.07) is 5.92. The van der Waals surface area contributed by atoms with E-state index in [1.807, 2.05) is 25.2 Å². The maximum atomic E-state index is 9.36. The SMILES string of the molecule is CC(NCC1(CO)CC1)c1nc2cc(Cl)ccc2n1C. The first-order valence-electron chi connectivity index (χ1n) is 7.01. The van der Waals surface area contributed by atoms with Crippen LogP contribution < -0.4 is 5.32 Å². The number of aromatic nitrogens is 2. The Hall–Kier alpha value is -1.10. The predicted octanol–water partition coefficient (Wildman–Crippen LogP) is 2.65. The van der Waals surface area contributed by atoms with Gasteiger partial charge in [-0.2, -0.15) is 0 Å². The van der Waals surface area contributed by atoms with Crippen molar-refractivity contribution >= 4 is 22.6 Å². The zero-order chi connectivity index (χ0) is 14.3. The van der Waals surface area contributed by atoms with Crippen LogP contribution in [0.4, 0.5) is 0 Å². The highest BCUT2D eigenvalue weighted by atomic mass is 35.5. The van der Waals surface area contributed by atoms with E-state index < -0.39 is 0 Å². The maximum absolute atomic E-state index is 9.36. The molecule has 0 radical (unpaired) electrons. The van der Waals surface area contributed by atoms with E-state index in [0.717, 1.165) is 36.2 Å². The lowest BCUT2D eigenvalue weighted by Crippen LogP contribution is -2.30. The van der Waals surface area contributed by atoms with Gasteiger partial charge in [-0.25, -0.2) is 4.98 Å². The molecule has 1 aromatic carbocycles. The Morgan fingerprint density at radius 1 is 1.50 bits per heavy atom. The fourth-order valence-electron chi connectivity index (χ4n) is 2.61. The molecule has 1 unspecified atom stereocenters. The molecule has 2 N–H and O–H groups in total. The predicted molar refractivity (Wildman–Crippen MR) is 80.9 cm³/mol. The van der Waals surface area contributed by atoms with Crippen LogP contribution in [0.5, 0.6) is 0 Å². The fourth-order valence-corrected chi connectivity index (χ4v) is 2.77. The van der Waals surface area contributed by atoms with Crippen LogP contribution in [-0.2, 0) is 7.05 Å². The van der Waals surface area contributed by atoms with Gasteiger partial charge < -0.3 is 15.0 Å². The smallest absolute Gasteiger partial charge is 0.126 e. The monoisotopic (exact) mass is 293 g/mol. The van der Waals surface area contributed by atoms with Crippen molar-refractivity contribution in [3.05, 3.63) is 29.0 Å². The average Bonchev–Trinajstić information content (AvgIpc) is 3.15. The van der Waals surface area contributed by atoms with E-state index in [-0.39, 0.29) is 18.1 Å². The standard InChI is InChI=1S/C15H20ClN3O/c1-10(17-8-15(9-20)5-6-15)14-18-12-7-11(16)3-4-13(12)19(14)2/h3-4,7,10,17,20H,5-6,8-9H2,1-2H3. The van der Waals surface area contributed by atoms with Crippen molar-refractivity contribution in [1.82, 2.24) is 14.9 Å². The Morgan fingerprint density at radius 3 is 2.90 bits per heavy atom. The van der Waals surface area contributed by atoms with Crippen LogP contribution in [0.15, 0.2) is 18.2 Å². The minimum Gasteiger partial charge on any atom is -0.396 e. The summed E-state index contributed by atoms with van der Waals surface area (Å²) in [5.74, 6) is 0.996. The molecule has 2 aromatic rings. The number of hydrogen-bond acceptors (Lipinski definition) is 3. The van der Waals surface area contributed by atoms with E-state index >= 15 is 0 Å². The van der Waals surface area contributed by atoms with Crippen LogP contribution in [0.3, 0.4) is 0 Å². The van der Waals surface area contributed by atoms with Gasteiger partial charge in [0.2, 0.25) is 0 Å². The van der Waals surface area contributed by atoms with Gasteiger partial charge in [0.15, 0.2) is 0 Å². The first-order valence-corrected chi connectivity index (χ1v) is 7.39. The highest BCUT2D eigenvalue weighted by Gasteiger charge is 2.41. The average molecular weight is 294 g/mol. The molecule has 0 bridgehead atoms. The van der Waals surface area contributed by atoms with Gasteiger partial charge in [0, 0.05) is 30.6 Å². The van der Waals surface area contributed by atoms with Crippen molar-refractivity contribution in [3.8, 4) is 0 Å². The van der Waals surface area contributed by atoms with Crippen molar-refractivity contribution < 1.29 is 5.11 Å². The molecule has 1 fully saturated rings. The summed E-state index contributed by atoms with van der Waals surface area (Å²) >= 11 is 6.02. The number of halogens is 1. The summed E-state index contributed by atoms with van der Waals surface area (Å²) in [6.45, 7) is 3.22. The first kappa shape index (κ1) is 13.9. The zero-order valence-corrected chi connectivity index (χ0v) is 12.6. The summed E-state index contributed by atoms with van der Waals surface area (Å²) in [4.78, 5) is 4.67. The molecule has 108 valence electrons. The van der Waals surface area contributed by atoms with Crippen molar-refractivity contribution in [2.75, 3.05) is 13.2 Å². The largest absolute Gasteiger partial charge is 0.396 e. The van der Waals surface area contributed by atoms with Crippen molar-refractivity contribution in [2.24, 2.45) is 12.5 Å². The van der Waals surface area contributed by atoms with Gasteiger partial charge in [0.25, 0.3) is 0 Å². The third-order valence-corrected chi connectivity index (χ3v) is 4.58. The lowest BCUT2D eigenvalue weighted by molar-refractivity contribution is 0.204. The lowest BCUT2D eigenvalue weighted by atomic mass is 10.1. The third-order valence-electron chi connectivity index (χ3n) is 4.34. The molecule has 1 atom stereocenters. The Balaban J connectivity index is 1.80. The highest BCUT2D eigenvalue weighted by Crippen LogP contribution is 2.44. The van der Waals surface area contributed by atoms with Gasteiger partial charge in [0.05, 0.1) is 17.1 Å². The van der Waals surface area contributed by atoms with Gasteiger partial charge in [-0.05, 0) is 38.0 Å². The minimum absolute atomic E-state index is 0.113. The topological polar surface area (TPSA) is 50.1 Å². The number of aryl methyl sites for hydroxylation is 1. The van der Waals surface area contributed by atoms with E-state index in [9.17, 15) is 5.11 Å². The van der Waals surface area contributed by atoms with E-state index in [1.165, 1.54) is 0 Å². The van der Waals surface area contributed by atoms with Gasteiger partial charge in [-0.15, -0.1) is 0 Å². The summed E-state index contributed by atoms with van der Waals surface area (Å²) in [7, 11) is 2.02. The summed E-state index contributed by atoms with van der Waals surface area (Å²) in [5, 5.41) is 13.6. The molecule has 20 heavy (non-hydrogen) atoms. The molecule has 0 spiro atoms. The molecule has 3 rings (SSSR count). The molecule has 0 aliphatic heterocycles. The van der Waals surface area contributed by atoms with Crippen LogP contribution >= 0.6 is 11.6 Å². The van der Waals surface area contributed by atoms with Crippen LogP contribution in [-0.4, -0.2) is 27.8 Å². The second kappa shape index (κ2) is 5.02. The number of aliphatic hydroxyl groups excluding tert-OH is 1. The fraction of sp³-hybridized carbons (Fsp3) is 0.533. The molecule has 1 aromatic heterocycles. The van der Waals surface area contributed by atoms with Crippen molar-refractivity contribution in [3.63, 3.8) is 0 Å². The Morgan fingerprint density at radius 2 is 2.25 bits per heavy atom. The van der Waals surface area contributed by atoms with Crippen LogP contribution in [0.25, 0.3) is 11.0 Å². The van der Waals surface area contributed by atoms with E-state index in [2.05, 4.69) is 21.8 Å². The Bertz CT molecular complexity index is 633. The molecule has 1 heterocycles. The normalized spacial score (nSPS) is 18.4. The molecule has 5 heteroatoms. The Labute approximate surface area is 123 Å². The number of imidazole rings is 1. The third kappa shape index (κ3) is 2.43. The number of hydrogen-bond donors (Lipinski definition) is 2. The summed E-state index contributed by atoms with van der Waals surface area (Å²) in [5.41, 5.74) is 2.12. The number of fused-ring (bicyclic) bond motifs is 1. The second-order valence-electron chi connectivity index (χ2n) is 5.92. The quantitative estimate of drug-likeness (QED) is 0.891. The van der Waals surface area contributed by atoms with Crippen LogP contribution in [0.1, 0.15) is 31.6 Å². The highest BCUT2D eigenvalue weighted by molar-refractivity contribution is 6.31. The second-order valence-corrected chi connectivity index (χ2v) is 6.36. The minimum atomic E-state index is 0.113. The number of nitrogens with zero attached hydrogens (tertiary/aromatic N) is 2. The molecule has 1 aliphatic carbocycles. The zero-order valence-electron chi connectivity index (χ0n) is 11.9. The van der Waals surface area contributed by atoms with Crippen LogP contribution in [0.2, 0.25) is 5.02 Å². The Kier molecular flexibility index (Phi) is 3.48. The van der Waals surface area contributed by atoms with Crippen molar-refractivity contribution in [1.29, 1.82) is 0 Å². The number of nitrogens with one attached hydrogen (secondary N) is 1. The van der Waals surface area contributed by atoms with Gasteiger partial charge >= 0.3 is 0 Å². The van der Waals surface area contributed by atoms with Crippen LogP contribution in [0, 0.1) is 5.41 Å². The van der Waals surface area contributed by atoms with E-state index in [4.69, 9.17) is 11.6 Å². The van der Waals surface area contributed by atoms with Crippen molar-refractivity contribution in [2.45, 2.75) is 25.8 Å². The first-order chi connectivity index (χ1) is 9.54. The van der Waals surface area contributed by atoms with Gasteiger partial charge in [-0.1, -0.05) is 11.6 Å². The van der Waals surface area contributed by atoms with Gasteiger partial charge in [-0.3, -0.25) is 0 Å². The molecule has 4 nitrogen and oxygen atoms in total.